The lowest BCUT2D eigenvalue weighted by Crippen LogP contribution is -2.37. The third kappa shape index (κ3) is 4.27. The summed E-state index contributed by atoms with van der Waals surface area (Å²) in [7, 11) is 0. The lowest BCUT2D eigenvalue weighted by molar-refractivity contribution is -0.117. The van der Waals surface area contributed by atoms with Crippen molar-refractivity contribution >= 4 is 17.3 Å². The van der Waals surface area contributed by atoms with Crippen LogP contribution in [0, 0.1) is 17.1 Å². The highest BCUT2D eigenvalue weighted by molar-refractivity contribution is 6.24. The molecule has 2 aliphatic rings. The van der Waals surface area contributed by atoms with E-state index >= 15 is 0 Å². The lowest BCUT2D eigenvalue weighted by Gasteiger charge is -2.25. The van der Waals surface area contributed by atoms with Crippen LogP contribution in [-0.2, 0) is 4.79 Å². The first-order valence-corrected chi connectivity index (χ1v) is 10.4. The van der Waals surface area contributed by atoms with Gasteiger partial charge in [0.25, 0.3) is 12.3 Å². The van der Waals surface area contributed by atoms with Crippen LogP contribution < -0.4 is 5.32 Å². The van der Waals surface area contributed by atoms with E-state index < -0.39 is 29.8 Å². The van der Waals surface area contributed by atoms with E-state index in [2.05, 4.69) is 16.4 Å². The van der Waals surface area contributed by atoms with Crippen LogP contribution in [0.2, 0.25) is 0 Å². The number of amidine groups is 1. The molecule has 2 aromatic rings. The SMILES string of the molecule is C[C@@H]1CN2C=C(c3ccccc3C#N)C=C(C(=O)N[C@H](C)c3cccc(C(F)F)c3F)C2=N1. The molecule has 33 heavy (non-hydrogen) atoms. The van der Waals surface area contributed by atoms with Crippen molar-refractivity contribution in [3.05, 3.63) is 88.4 Å². The Morgan fingerprint density at radius 2 is 1.94 bits per heavy atom. The van der Waals surface area contributed by atoms with E-state index in [-0.39, 0.29) is 17.2 Å². The standard InChI is InChI=1S/C25H21F3N4O/c1-14-12-32-13-17(19-7-4-3-6-16(19)11-29)10-21(24(32)30-14)25(33)31-15(2)18-8-5-9-20(22(18)26)23(27)28/h3-10,13-15,23H,12H2,1-2H3,(H,31,33)/t14-,15-/m1/s1. The third-order valence-electron chi connectivity index (χ3n) is 5.62. The van der Waals surface area contributed by atoms with E-state index in [4.69, 9.17) is 0 Å². The van der Waals surface area contributed by atoms with Crippen LogP contribution in [0.3, 0.4) is 0 Å². The van der Waals surface area contributed by atoms with Crippen molar-refractivity contribution in [3.63, 3.8) is 0 Å². The topological polar surface area (TPSA) is 68.5 Å². The molecule has 1 N–H and O–H groups in total. The summed E-state index contributed by atoms with van der Waals surface area (Å²) in [6.45, 7) is 4.03. The van der Waals surface area contributed by atoms with Gasteiger partial charge in [0.15, 0.2) is 0 Å². The van der Waals surface area contributed by atoms with E-state index in [1.807, 2.05) is 24.1 Å². The molecule has 0 bridgehead atoms. The molecule has 168 valence electrons. The Kier molecular flexibility index (Phi) is 6.05. The van der Waals surface area contributed by atoms with Crippen molar-refractivity contribution < 1.29 is 18.0 Å². The minimum absolute atomic E-state index is 0.0262. The Hall–Kier alpha value is -3.86. The number of allylic oxidation sites excluding steroid dienone is 2. The first kappa shape index (κ1) is 22.3. The van der Waals surface area contributed by atoms with Crippen molar-refractivity contribution in [2.75, 3.05) is 6.54 Å². The van der Waals surface area contributed by atoms with Gasteiger partial charge in [-0.1, -0.05) is 36.4 Å². The number of nitrogens with zero attached hydrogens (tertiary/aromatic N) is 3. The predicted octanol–water partition coefficient (Wildman–Crippen LogP) is 4.90. The normalized spacial score (nSPS) is 18.2. The molecule has 0 unspecified atom stereocenters. The van der Waals surface area contributed by atoms with E-state index in [1.165, 1.54) is 19.1 Å². The van der Waals surface area contributed by atoms with Crippen LogP contribution >= 0.6 is 0 Å². The maximum Gasteiger partial charge on any atom is 0.266 e. The van der Waals surface area contributed by atoms with E-state index in [9.17, 15) is 23.2 Å². The van der Waals surface area contributed by atoms with Gasteiger partial charge in [0.1, 0.15) is 11.7 Å². The van der Waals surface area contributed by atoms with Crippen molar-refractivity contribution in [3.8, 4) is 6.07 Å². The quantitative estimate of drug-likeness (QED) is 0.705. The Morgan fingerprint density at radius 3 is 2.67 bits per heavy atom. The number of carbonyl (C=O) groups excluding carboxylic acids is 1. The number of halogens is 3. The van der Waals surface area contributed by atoms with Gasteiger partial charge in [-0.15, -0.1) is 0 Å². The molecule has 0 saturated heterocycles. The molecule has 2 atom stereocenters. The van der Waals surface area contributed by atoms with Crippen LogP contribution in [0.4, 0.5) is 13.2 Å². The second kappa shape index (κ2) is 8.94. The molecule has 5 nitrogen and oxygen atoms in total. The van der Waals surface area contributed by atoms with Crippen molar-refractivity contribution in [2.45, 2.75) is 32.4 Å². The molecule has 2 heterocycles. The van der Waals surface area contributed by atoms with Crippen LogP contribution in [-0.4, -0.2) is 29.2 Å². The number of benzene rings is 2. The monoisotopic (exact) mass is 450 g/mol. The molecule has 0 radical (unpaired) electrons. The number of alkyl halides is 2. The molecule has 0 aromatic heterocycles. The maximum atomic E-state index is 14.6. The molecular formula is C25H21F3N4O. The molecule has 0 aliphatic carbocycles. The van der Waals surface area contributed by atoms with Crippen molar-refractivity contribution in [2.24, 2.45) is 4.99 Å². The fourth-order valence-electron chi connectivity index (χ4n) is 4.03. The zero-order valence-electron chi connectivity index (χ0n) is 18.0. The highest BCUT2D eigenvalue weighted by atomic mass is 19.3. The van der Waals surface area contributed by atoms with E-state index in [0.717, 1.165) is 6.07 Å². The number of nitrogens with one attached hydrogen (secondary N) is 1. The highest BCUT2D eigenvalue weighted by Crippen LogP contribution is 2.31. The fraction of sp³-hybridized carbons (Fsp3) is 0.240. The summed E-state index contributed by atoms with van der Waals surface area (Å²) in [4.78, 5) is 19.6. The van der Waals surface area contributed by atoms with Crippen LogP contribution in [0.25, 0.3) is 5.57 Å². The molecule has 0 spiro atoms. The lowest BCUT2D eigenvalue weighted by atomic mass is 9.95. The van der Waals surface area contributed by atoms with Gasteiger partial charge >= 0.3 is 0 Å². The minimum Gasteiger partial charge on any atom is -0.345 e. The second-order valence-electron chi connectivity index (χ2n) is 8.00. The zero-order chi connectivity index (χ0) is 23.7. The summed E-state index contributed by atoms with van der Waals surface area (Å²) < 4.78 is 40.8. The van der Waals surface area contributed by atoms with Gasteiger partial charge in [0.2, 0.25) is 0 Å². The van der Waals surface area contributed by atoms with Crippen LogP contribution in [0.1, 0.15) is 48.6 Å². The average molecular weight is 450 g/mol. The summed E-state index contributed by atoms with van der Waals surface area (Å²) in [5, 5.41) is 12.2. The van der Waals surface area contributed by atoms with Gasteiger partial charge in [-0.3, -0.25) is 9.79 Å². The summed E-state index contributed by atoms with van der Waals surface area (Å²) in [6, 6.07) is 12.1. The van der Waals surface area contributed by atoms with E-state index in [1.54, 1.807) is 24.3 Å². The number of hydrogen-bond donors (Lipinski definition) is 1. The van der Waals surface area contributed by atoms with Gasteiger partial charge < -0.3 is 10.2 Å². The Balaban J connectivity index is 1.68. The predicted molar refractivity (Wildman–Crippen MR) is 119 cm³/mol. The first-order chi connectivity index (χ1) is 15.8. The number of amides is 1. The minimum atomic E-state index is -2.95. The number of fused-ring (bicyclic) bond motifs is 1. The molecule has 2 aliphatic heterocycles. The highest BCUT2D eigenvalue weighted by Gasteiger charge is 2.32. The largest absolute Gasteiger partial charge is 0.345 e. The molecule has 0 fully saturated rings. The molecule has 8 heteroatoms. The average Bonchev–Trinajstić information content (AvgIpc) is 3.18. The van der Waals surface area contributed by atoms with Gasteiger partial charge in [-0.25, -0.2) is 13.2 Å². The smallest absolute Gasteiger partial charge is 0.266 e. The molecule has 2 aromatic carbocycles. The second-order valence-corrected chi connectivity index (χ2v) is 8.00. The number of hydrogen-bond acceptors (Lipinski definition) is 4. The van der Waals surface area contributed by atoms with Crippen LogP contribution in [0.5, 0.6) is 0 Å². The number of aliphatic imine (C=N–C) groups is 1. The van der Waals surface area contributed by atoms with Gasteiger partial charge in [-0.05, 0) is 26.0 Å². The summed E-state index contributed by atoms with van der Waals surface area (Å²) in [5.41, 5.74) is 1.34. The number of carbonyl (C=O) groups is 1. The van der Waals surface area contributed by atoms with Gasteiger partial charge in [0, 0.05) is 29.4 Å². The number of rotatable bonds is 5. The zero-order valence-corrected chi connectivity index (χ0v) is 18.0. The maximum absolute atomic E-state index is 14.6. The summed E-state index contributed by atoms with van der Waals surface area (Å²) in [6.07, 6.45) is 0.548. The molecule has 4 rings (SSSR count). The Bertz CT molecular complexity index is 1240. The van der Waals surface area contributed by atoms with Crippen molar-refractivity contribution in [1.82, 2.24) is 10.2 Å². The number of nitriles is 1. The van der Waals surface area contributed by atoms with Gasteiger partial charge in [0.05, 0.1) is 34.9 Å². The Labute approximate surface area is 189 Å². The van der Waals surface area contributed by atoms with Gasteiger partial charge in [-0.2, -0.15) is 5.26 Å². The van der Waals surface area contributed by atoms with Crippen LogP contribution in [0.15, 0.2) is 65.3 Å². The fourth-order valence-corrected chi connectivity index (χ4v) is 4.03. The summed E-state index contributed by atoms with van der Waals surface area (Å²) in [5.74, 6) is -1.07. The summed E-state index contributed by atoms with van der Waals surface area (Å²) >= 11 is 0. The Morgan fingerprint density at radius 1 is 1.21 bits per heavy atom. The molecule has 1 amide bonds. The third-order valence-corrected chi connectivity index (χ3v) is 5.62. The molecule has 0 saturated carbocycles. The molecular weight excluding hydrogens is 429 g/mol. The van der Waals surface area contributed by atoms with E-state index in [0.29, 0.717) is 29.1 Å². The van der Waals surface area contributed by atoms with Crippen molar-refractivity contribution in [1.29, 1.82) is 5.26 Å². The first-order valence-electron chi connectivity index (χ1n) is 10.4.